The molecule has 0 aromatic heterocycles. The molecular formula is C13H17NOS. The van der Waals surface area contributed by atoms with Crippen LogP contribution in [0.2, 0.25) is 0 Å². The monoisotopic (exact) mass is 235 g/mol. The Morgan fingerprint density at radius 2 is 2.25 bits per heavy atom. The molecule has 0 spiro atoms. The van der Waals surface area contributed by atoms with Gasteiger partial charge in [-0.05, 0) is 30.4 Å². The smallest absolute Gasteiger partial charge is 0.0827 e. The van der Waals surface area contributed by atoms with Crippen LogP contribution in [0.3, 0.4) is 0 Å². The Balaban J connectivity index is 1.99. The maximum absolute atomic E-state index is 5.85. The van der Waals surface area contributed by atoms with Crippen LogP contribution in [0.1, 0.15) is 36.5 Å². The normalized spacial score (nSPS) is 19.1. The minimum atomic E-state index is 0.235. The van der Waals surface area contributed by atoms with Crippen LogP contribution in [-0.2, 0) is 11.2 Å². The van der Waals surface area contributed by atoms with Gasteiger partial charge in [-0.1, -0.05) is 36.5 Å². The van der Waals surface area contributed by atoms with E-state index in [1.54, 1.807) is 0 Å². The number of ether oxygens (including phenoxy) is 1. The fourth-order valence-electron chi connectivity index (χ4n) is 2.18. The van der Waals surface area contributed by atoms with Gasteiger partial charge in [-0.15, -0.1) is 0 Å². The first-order chi connectivity index (χ1) is 7.77. The molecule has 0 radical (unpaired) electrons. The number of hydrogen-bond acceptors (Lipinski definition) is 2. The molecule has 0 fully saturated rings. The van der Waals surface area contributed by atoms with Crippen molar-refractivity contribution in [2.45, 2.75) is 31.8 Å². The van der Waals surface area contributed by atoms with E-state index < -0.39 is 0 Å². The van der Waals surface area contributed by atoms with Crippen LogP contribution in [-0.4, -0.2) is 11.6 Å². The van der Waals surface area contributed by atoms with Gasteiger partial charge in [0.1, 0.15) is 0 Å². The molecule has 1 unspecified atom stereocenters. The van der Waals surface area contributed by atoms with Gasteiger partial charge in [0, 0.05) is 6.42 Å². The number of fused-ring (bicyclic) bond motifs is 1. The average molecular weight is 235 g/mol. The minimum absolute atomic E-state index is 0.235. The van der Waals surface area contributed by atoms with E-state index in [1.807, 2.05) is 0 Å². The summed E-state index contributed by atoms with van der Waals surface area (Å²) in [5.74, 6) is 0. The van der Waals surface area contributed by atoms with Gasteiger partial charge in [-0.25, -0.2) is 0 Å². The second kappa shape index (κ2) is 5.41. The first-order valence-electron chi connectivity index (χ1n) is 5.75. The summed E-state index contributed by atoms with van der Waals surface area (Å²) in [6.45, 7) is 0.633. The van der Waals surface area contributed by atoms with E-state index in [4.69, 9.17) is 22.7 Å². The molecule has 2 nitrogen and oxygen atoms in total. The van der Waals surface area contributed by atoms with E-state index in [0.29, 0.717) is 18.0 Å². The van der Waals surface area contributed by atoms with E-state index in [0.717, 1.165) is 6.42 Å². The molecule has 86 valence electrons. The number of benzene rings is 1. The van der Waals surface area contributed by atoms with Crippen molar-refractivity contribution in [3.05, 3.63) is 35.4 Å². The van der Waals surface area contributed by atoms with Crippen molar-refractivity contribution < 1.29 is 4.74 Å². The van der Waals surface area contributed by atoms with E-state index >= 15 is 0 Å². The number of aryl methyl sites for hydroxylation is 1. The third-order valence-electron chi connectivity index (χ3n) is 2.98. The van der Waals surface area contributed by atoms with Crippen LogP contribution >= 0.6 is 12.2 Å². The molecule has 0 aliphatic heterocycles. The maximum Gasteiger partial charge on any atom is 0.0827 e. The fourth-order valence-corrected chi connectivity index (χ4v) is 2.27. The molecular weight excluding hydrogens is 218 g/mol. The van der Waals surface area contributed by atoms with Crippen LogP contribution in [0.25, 0.3) is 0 Å². The third kappa shape index (κ3) is 2.80. The van der Waals surface area contributed by atoms with Gasteiger partial charge < -0.3 is 10.5 Å². The van der Waals surface area contributed by atoms with Crippen molar-refractivity contribution in [1.82, 2.24) is 0 Å². The summed E-state index contributed by atoms with van der Waals surface area (Å²) in [6.07, 6.45) is 4.39. The summed E-state index contributed by atoms with van der Waals surface area (Å²) in [5.41, 5.74) is 8.22. The van der Waals surface area contributed by atoms with Crippen LogP contribution in [0.15, 0.2) is 24.3 Å². The highest BCUT2D eigenvalue weighted by Crippen LogP contribution is 2.32. The highest BCUT2D eigenvalue weighted by Gasteiger charge is 2.19. The predicted molar refractivity (Wildman–Crippen MR) is 69.5 cm³/mol. The molecule has 1 aromatic rings. The Kier molecular flexibility index (Phi) is 3.91. The summed E-state index contributed by atoms with van der Waals surface area (Å²) in [4.78, 5) is 0.532. The van der Waals surface area contributed by atoms with Crippen molar-refractivity contribution in [2.24, 2.45) is 5.73 Å². The maximum atomic E-state index is 5.85. The second-order valence-corrected chi connectivity index (χ2v) is 4.69. The molecule has 0 amide bonds. The number of thiocarbonyl (C=S) groups is 1. The lowest BCUT2D eigenvalue weighted by Crippen LogP contribution is -2.16. The summed E-state index contributed by atoms with van der Waals surface area (Å²) < 4.78 is 5.85. The topological polar surface area (TPSA) is 35.2 Å². The van der Waals surface area contributed by atoms with Crippen molar-refractivity contribution in [3.8, 4) is 0 Å². The van der Waals surface area contributed by atoms with Gasteiger partial charge in [-0.2, -0.15) is 0 Å². The van der Waals surface area contributed by atoms with Gasteiger partial charge in [0.15, 0.2) is 0 Å². The lowest BCUT2D eigenvalue weighted by Gasteiger charge is -2.25. The lowest BCUT2D eigenvalue weighted by molar-refractivity contribution is 0.0456. The largest absolute Gasteiger partial charge is 0.393 e. The highest BCUT2D eigenvalue weighted by molar-refractivity contribution is 7.80. The molecule has 0 saturated carbocycles. The zero-order valence-electron chi connectivity index (χ0n) is 9.32. The molecule has 1 aliphatic carbocycles. The Morgan fingerprint density at radius 1 is 1.44 bits per heavy atom. The van der Waals surface area contributed by atoms with Crippen LogP contribution in [0.5, 0.6) is 0 Å². The third-order valence-corrected chi connectivity index (χ3v) is 3.19. The molecule has 1 aliphatic rings. The summed E-state index contributed by atoms with van der Waals surface area (Å²) in [7, 11) is 0. The Bertz CT molecular complexity index is 378. The summed E-state index contributed by atoms with van der Waals surface area (Å²) in [6, 6.07) is 8.53. The van der Waals surface area contributed by atoms with Gasteiger partial charge >= 0.3 is 0 Å². The van der Waals surface area contributed by atoms with Gasteiger partial charge in [0.05, 0.1) is 17.7 Å². The van der Waals surface area contributed by atoms with Crippen LogP contribution in [0.4, 0.5) is 0 Å². The zero-order chi connectivity index (χ0) is 11.4. The molecule has 2 N–H and O–H groups in total. The Morgan fingerprint density at radius 3 is 3.06 bits per heavy atom. The lowest BCUT2D eigenvalue weighted by atomic mass is 9.89. The first kappa shape index (κ1) is 11.6. The molecule has 2 rings (SSSR count). The van der Waals surface area contributed by atoms with E-state index in [2.05, 4.69) is 24.3 Å². The van der Waals surface area contributed by atoms with E-state index in [-0.39, 0.29) is 6.10 Å². The molecule has 0 saturated heterocycles. The Hall–Kier alpha value is -0.930. The van der Waals surface area contributed by atoms with Gasteiger partial charge in [0.25, 0.3) is 0 Å². The van der Waals surface area contributed by atoms with Crippen molar-refractivity contribution in [1.29, 1.82) is 0 Å². The Labute approximate surface area is 102 Å². The SMILES string of the molecule is NC(=S)CCOC1CCCc2ccccc21. The van der Waals surface area contributed by atoms with E-state index in [1.165, 1.54) is 24.0 Å². The quantitative estimate of drug-likeness (QED) is 0.815. The van der Waals surface area contributed by atoms with Gasteiger partial charge in [-0.3, -0.25) is 0 Å². The second-order valence-electron chi connectivity index (χ2n) is 4.17. The average Bonchev–Trinajstić information content (AvgIpc) is 2.29. The van der Waals surface area contributed by atoms with Crippen molar-refractivity contribution in [3.63, 3.8) is 0 Å². The number of rotatable bonds is 4. The van der Waals surface area contributed by atoms with Crippen LogP contribution in [0, 0.1) is 0 Å². The summed E-state index contributed by atoms with van der Waals surface area (Å²) in [5, 5.41) is 0. The van der Waals surface area contributed by atoms with Crippen molar-refractivity contribution in [2.75, 3.05) is 6.61 Å². The standard InChI is InChI=1S/C13H17NOS/c14-13(16)8-9-15-12-7-3-5-10-4-1-2-6-11(10)12/h1-2,4,6,12H,3,5,7-9H2,(H2,14,16). The van der Waals surface area contributed by atoms with Crippen molar-refractivity contribution >= 4 is 17.2 Å². The number of nitrogens with two attached hydrogens (primary N) is 1. The zero-order valence-corrected chi connectivity index (χ0v) is 10.1. The molecule has 0 bridgehead atoms. The van der Waals surface area contributed by atoms with Gasteiger partial charge in [0.2, 0.25) is 0 Å². The molecule has 3 heteroatoms. The van der Waals surface area contributed by atoms with E-state index in [9.17, 15) is 0 Å². The first-order valence-corrected chi connectivity index (χ1v) is 6.16. The molecule has 16 heavy (non-hydrogen) atoms. The molecule has 1 atom stereocenters. The highest BCUT2D eigenvalue weighted by atomic mass is 32.1. The minimum Gasteiger partial charge on any atom is -0.393 e. The fraction of sp³-hybridized carbons (Fsp3) is 0.462. The molecule has 0 heterocycles. The molecule has 1 aromatic carbocycles. The predicted octanol–water partition coefficient (Wildman–Crippen LogP) is 2.76. The summed E-state index contributed by atoms with van der Waals surface area (Å²) >= 11 is 4.84. The number of hydrogen-bond donors (Lipinski definition) is 1. The van der Waals surface area contributed by atoms with Crippen LogP contribution < -0.4 is 5.73 Å².